The van der Waals surface area contributed by atoms with Crippen LogP contribution in [0.2, 0.25) is 0 Å². The van der Waals surface area contributed by atoms with Gasteiger partial charge in [-0.3, -0.25) is 0 Å². The standard InChI is InChI=1S/C13H10FN3/c14-11-7-9(1-2-10(11)8-15)12-3-4-13-16-5-6-17(12)13/h1-2,5-7,12H,3-4H2. The first kappa shape index (κ1) is 10.0. The molecule has 17 heavy (non-hydrogen) atoms. The van der Waals surface area contributed by atoms with Gasteiger partial charge in [0.05, 0.1) is 11.6 Å². The van der Waals surface area contributed by atoms with Crippen LogP contribution in [0.5, 0.6) is 0 Å². The lowest BCUT2D eigenvalue weighted by atomic mass is 10.0. The normalized spacial score (nSPS) is 17.8. The van der Waals surface area contributed by atoms with E-state index in [0.717, 1.165) is 24.2 Å². The molecule has 0 radical (unpaired) electrons. The van der Waals surface area contributed by atoms with Gasteiger partial charge in [0.1, 0.15) is 17.7 Å². The van der Waals surface area contributed by atoms with Crippen LogP contribution in [0.25, 0.3) is 0 Å². The van der Waals surface area contributed by atoms with Crippen molar-refractivity contribution in [3.63, 3.8) is 0 Å². The molecule has 0 amide bonds. The Bertz CT molecular complexity index is 609. The fourth-order valence-electron chi connectivity index (χ4n) is 2.38. The third-order valence-electron chi connectivity index (χ3n) is 3.22. The number of aromatic nitrogens is 2. The van der Waals surface area contributed by atoms with Gasteiger partial charge in [0, 0.05) is 18.8 Å². The summed E-state index contributed by atoms with van der Waals surface area (Å²) < 4.78 is 15.6. The van der Waals surface area contributed by atoms with E-state index in [1.54, 1.807) is 12.3 Å². The van der Waals surface area contributed by atoms with E-state index < -0.39 is 5.82 Å². The summed E-state index contributed by atoms with van der Waals surface area (Å²) in [6, 6.07) is 6.80. The first-order valence-corrected chi connectivity index (χ1v) is 5.51. The number of rotatable bonds is 1. The van der Waals surface area contributed by atoms with Crippen LogP contribution in [0.4, 0.5) is 4.39 Å². The van der Waals surface area contributed by atoms with Crippen molar-refractivity contribution in [1.82, 2.24) is 9.55 Å². The van der Waals surface area contributed by atoms with Gasteiger partial charge in [-0.05, 0) is 24.1 Å². The minimum absolute atomic E-state index is 0.0950. The van der Waals surface area contributed by atoms with E-state index in [2.05, 4.69) is 9.55 Å². The van der Waals surface area contributed by atoms with Crippen molar-refractivity contribution in [2.45, 2.75) is 18.9 Å². The molecule has 0 spiro atoms. The van der Waals surface area contributed by atoms with E-state index in [1.807, 2.05) is 18.3 Å². The van der Waals surface area contributed by atoms with Crippen LogP contribution < -0.4 is 0 Å². The highest BCUT2D eigenvalue weighted by molar-refractivity contribution is 5.35. The third kappa shape index (κ3) is 1.51. The Hall–Kier alpha value is -2.15. The molecule has 1 aliphatic heterocycles. The molecule has 1 aromatic heterocycles. The molecule has 1 atom stereocenters. The second kappa shape index (κ2) is 3.70. The predicted octanol–water partition coefficient (Wildman–Crippen LogP) is 2.43. The summed E-state index contributed by atoms with van der Waals surface area (Å²) in [4.78, 5) is 4.25. The van der Waals surface area contributed by atoms with Gasteiger partial charge in [-0.1, -0.05) is 6.07 Å². The first-order valence-electron chi connectivity index (χ1n) is 5.51. The molecule has 0 fully saturated rings. The number of fused-ring (bicyclic) bond motifs is 1. The average molecular weight is 227 g/mol. The molecule has 0 saturated carbocycles. The minimum atomic E-state index is -0.446. The lowest BCUT2D eigenvalue weighted by molar-refractivity contribution is 0.593. The minimum Gasteiger partial charge on any atom is -0.327 e. The number of aryl methyl sites for hydroxylation is 1. The van der Waals surface area contributed by atoms with Crippen LogP contribution in [0.15, 0.2) is 30.6 Å². The molecule has 2 aromatic rings. The maximum Gasteiger partial charge on any atom is 0.141 e. The van der Waals surface area contributed by atoms with Crippen molar-refractivity contribution in [2.75, 3.05) is 0 Å². The quantitative estimate of drug-likeness (QED) is 0.750. The number of hydrogen-bond donors (Lipinski definition) is 0. The summed E-state index contributed by atoms with van der Waals surface area (Å²) in [6.45, 7) is 0. The van der Waals surface area contributed by atoms with E-state index in [0.29, 0.717) is 0 Å². The van der Waals surface area contributed by atoms with Gasteiger partial charge in [0.2, 0.25) is 0 Å². The lowest BCUT2D eigenvalue weighted by Gasteiger charge is -2.13. The van der Waals surface area contributed by atoms with E-state index in [9.17, 15) is 4.39 Å². The lowest BCUT2D eigenvalue weighted by Crippen LogP contribution is -2.05. The second-order valence-electron chi connectivity index (χ2n) is 4.16. The van der Waals surface area contributed by atoms with E-state index in [4.69, 9.17) is 5.26 Å². The Morgan fingerprint density at radius 3 is 3.12 bits per heavy atom. The maximum absolute atomic E-state index is 13.6. The summed E-state index contributed by atoms with van der Waals surface area (Å²) in [5, 5.41) is 8.69. The third-order valence-corrected chi connectivity index (χ3v) is 3.22. The summed E-state index contributed by atoms with van der Waals surface area (Å²) in [5.41, 5.74) is 0.996. The van der Waals surface area contributed by atoms with Gasteiger partial charge in [0.15, 0.2) is 0 Å². The summed E-state index contributed by atoms with van der Waals surface area (Å²) in [7, 11) is 0. The molecule has 0 saturated heterocycles. The molecule has 4 heteroatoms. The molecule has 0 N–H and O–H groups in total. The number of hydrogen-bond acceptors (Lipinski definition) is 2. The SMILES string of the molecule is N#Cc1ccc(C2CCc3nccn32)cc1F. The highest BCUT2D eigenvalue weighted by Gasteiger charge is 2.24. The van der Waals surface area contributed by atoms with Gasteiger partial charge < -0.3 is 4.57 Å². The van der Waals surface area contributed by atoms with Gasteiger partial charge in [0.25, 0.3) is 0 Å². The molecule has 1 unspecified atom stereocenters. The molecule has 3 nitrogen and oxygen atoms in total. The predicted molar refractivity (Wildman–Crippen MR) is 59.8 cm³/mol. The molecular weight excluding hydrogens is 217 g/mol. The molecule has 2 heterocycles. The second-order valence-corrected chi connectivity index (χ2v) is 4.16. The van der Waals surface area contributed by atoms with E-state index in [1.165, 1.54) is 6.07 Å². The Morgan fingerprint density at radius 2 is 2.35 bits per heavy atom. The van der Waals surface area contributed by atoms with Crippen LogP contribution in [-0.4, -0.2) is 9.55 Å². The Morgan fingerprint density at radius 1 is 1.47 bits per heavy atom. The van der Waals surface area contributed by atoms with Crippen molar-refractivity contribution in [3.8, 4) is 6.07 Å². The van der Waals surface area contributed by atoms with Crippen molar-refractivity contribution in [1.29, 1.82) is 5.26 Å². The largest absolute Gasteiger partial charge is 0.327 e. The summed E-state index contributed by atoms with van der Waals surface area (Å²) in [6.07, 6.45) is 5.54. The molecule has 0 bridgehead atoms. The number of benzene rings is 1. The zero-order valence-corrected chi connectivity index (χ0v) is 9.10. The zero-order valence-electron chi connectivity index (χ0n) is 9.10. The van der Waals surface area contributed by atoms with Crippen LogP contribution in [0.3, 0.4) is 0 Å². The molecular formula is C13H10FN3. The van der Waals surface area contributed by atoms with Crippen LogP contribution >= 0.6 is 0 Å². The molecule has 3 rings (SSSR count). The van der Waals surface area contributed by atoms with Crippen molar-refractivity contribution in [3.05, 3.63) is 53.4 Å². The number of nitriles is 1. The smallest absolute Gasteiger partial charge is 0.141 e. The van der Waals surface area contributed by atoms with Gasteiger partial charge in [-0.25, -0.2) is 9.37 Å². The highest BCUT2D eigenvalue weighted by Crippen LogP contribution is 2.31. The van der Waals surface area contributed by atoms with Crippen LogP contribution in [0, 0.1) is 17.1 Å². The summed E-state index contributed by atoms with van der Waals surface area (Å²) >= 11 is 0. The Labute approximate surface area is 98.1 Å². The molecule has 0 aliphatic carbocycles. The molecule has 1 aromatic carbocycles. The highest BCUT2D eigenvalue weighted by atomic mass is 19.1. The Kier molecular flexibility index (Phi) is 2.19. The van der Waals surface area contributed by atoms with Crippen molar-refractivity contribution < 1.29 is 4.39 Å². The van der Waals surface area contributed by atoms with Crippen LogP contribution in [0.1, 0.15) is 29.4 Å². The van der Waals surface area contributed by atoms with E-state index in [-0.39, 0.29) is 11.6 Å². The first-order chi connectivity index (χ1) is 8.29. The van der Waals surface area contributed by atoms with Crippen LogP contribution in [-0.2, 0) is 6.42 Å². The van der Waals surface area contributed by atoms with Gasteiger partial charge in [-0.15, -0.1) is 0 Å². The van der Waals surface area contributed by atoms with Gasteiger partial charge in [-0.2, -0.15) is 5.26 Å². The van der Waals surface area contributed by atoms with Crippen molar-refractivity contribution in [2.24, 2.45) is 0 Å². The Balaban J connectivity index is 2.02. The number of halogens is 1. The monoisotopic (exact) mass is 227 g/mol. The number of nitrogens with zero attached hydrogens (tertiary/aromatic N) is 3. The fourth-order valence-corrected chi connectivity index (χ4v) is 2.38. The van der Waals surface area contributed by atoms with E-state index >= 15 is 0 Å². The molecule has 1 aliphatic rings. The number of imidazole rings is 1. The topological polar surface area (TPSA) is 41.6 Å². The maximum atomic E-state index is 13.6. The van der Waals surface area contributed by atoms with Crippen molar-refractivity contribution >= 4 is 0 Å². The summed E-state index contributed by atoms with van der Waals surface area (Å²) in [5.74, 6) is 0.596. The zero-order chi connectivity index (χ0) is 11.8. The average Bonchev–Trinajstić information content (AvgIpc) is 2.90. The van der Waals surface area contributed by atoms with Gasteiger partial charge >= 0.3 is 0 Å². The molecule has 84 valence electrons. The fraction of sp³-hybridized carbons (Fsp3) is 0.231.